The number of phosphoric acid groups is 1. The van der Waals surface area contributed by atoms with Crippen molar-refractivity contribution in [3.63, 3.8) is 0 Å². The molecule has 0 bridgehead atoms. The Labute approximate surface area is 213 Å². The average Bonchev–Trinajstić information content (AvgIpc) is 3.64. The zero-order valence-electron chi connectivity index (χ0n) is 20.2. The molecule has 0 spiro atoms. The number of sulfone groups is 1. The minimum Gasteiger partial charge on any atom is -0.489 e. The number of hydroxylamine groups is 2. The third kappa shape index (κ3) is 4.67. The molecular weight excluding hydrogens is 517 g/mol. The fourth-order valence-electron chi connectivity index (χ4n) is 4.74. The Morgan fingerprint density at radius 1 is 1.24 bits per heavy atom. The van der Waals surface area contributed by atoms with Gasteiger partial charge in [0.2, 0.25) is 0 Å². The molecule has 1 saturated heterocycles. The second kappa shape index (κ2) is 8.90. The largest absolute Gasteiger partial charge is 0.489 e. The Morgan fingerprint density at radius 2 is 2.05 bits per heavy atom. The summed E-state index contributed by atoms with van der Waals surface area (Å²) in [5, 5.41) is 2.70. The van der Waals surface area contributed by atoms with Gasteiger partial charge in [-0.1, -0.05) is 12.1 Å². The van der Waals surface area contributed by atoms with Gasteiger partial charge < -0.3 is 14.6 Å². The van der Waals surface area contributed by atoms with E-state index in [1.165, 1.54) is 5.06 Å². The van der Waals surface area contributed by atoms with Crippen LogP contribution in [0.5, 0.6) is 5.75 Å². The van der Waals surface area contributed by atoms with E-state index in [-0.39, 0.29) is 18.4 Å². The molecule has 2 aromatic carbocycles. The van der Waals surface area contributed by atoms with Crippen molar-refractivity contribution in [2.24, 2.45) is 0 Å². The highest BCUT2D eigenvalue weighted by molar-refractivity contribution is 7.92. The van der Waals surface area contributed by atoms with Crippen LogP contribution in [0, 0.1) is 6.92 Å². The summed E-state index contributed by atoms with van der Waals surface area (Å²) in [6.45, 7) is 2.23. The summed E-state index contributed by atoms with van der Waals surface area (Å²) in [5.74, 6) is 0.515. The van der Waals surface area contributed by atoms with Crippen LogP contribution in [0.25, 0.3) is 33.1 Å². The molecular formula is C25H26N3O7PS. The lowest BCUT2D eigenvalue weighted by atomic mass is 9.99. The van der Waals surface area contributed by atoms with Gasteiger partial charge in [-0.15, -0.1) is 0 Å². The van der Waals surface area contributed by atoms with E-state index in [0.29, 0.717) is 34.7 Å². The molecule has 2 fully saturated rings. The first-order chi connectivity index (χ1) is 17.6. The quantitative estimate of drug-likeness (QED) is 0.340. The standard InChI is InChI=1S/C25H26N3O7PS/c1-15-10-21-23-20(16-4-3-5-19(11-16)37(31,32)18-6-7-18)8-9-22(24(23)27-25(21)26-12-15)33-14-17-13-28(2)35-36(29,30)34-17/h3-5,8-12,17-18H,6-7,13-14H2,1-2H3,(H,26,27)(H,29,30)/t17-/m1/s1. The third-order valence-corrected chi connectivity index (χ3v) is 9.86. The molecule has 2 N–H and O–H groups in total. The highest BCUT2D eigenvalue weighted by atomic mass is 32.2. The van der Waals surface area contributed by atoms with Crippen molar-refractivity contribution < 1.29 is 31.8 Å². The maximum absolute atomic E-state index is 12.9. The summed E-state index contributed by atoms with van der Waals surface area (Å²) in [6, 6.07) is 12.8. The fourth-order valence-corrected chi connectivity index (χ4v) is 7.40. The minimum absolute atomic E-state index is 0.0175. The van der Waals surface area contributed by atoms with Gasteiger partial charge in [0.1, 0.15) is 24.1 Å². The SMILES string of the molecule is Cc1cnc2[nH]c3c(OC[C@H]4CN(C)OP(=O)(O)O4)ccc(-c4cccc(S(=O)(=O)C5CC5)c4)c3c2c1. The Hall–Kier alpha value is -2.79. The van der Waals surface area contributed by atoms with Crippen molar-refractivity contribution in [1.82, 2.24) is 15.0 Å². The molecule has 6 rings (SSSR count). The van der Waals surface area contributed by atoms with E-state index in [2.05, 4.69) is 9.97 Å². The number of fused-ring (bicyclic) bond motifs is 3. The number of aryl methyl sites for hydroxylation is 1. The van der Waals surface area contributed by atoms with E-state index >= 15 is 0 Å². The van der Waals surface area contributed by atoms with Gasteiger partial charge in [0.25, 0.3) is 0 Å². The number of ether oxygens (including phenoxy) is 1. The van der Waals surface area contributed by atoms with Crippen molar-refractivity contribution in [2.45, 2.75) is 36.0 Å². The van der Waals surface area contributed by atoms with Gasteiger partial charge >= 0.3 is 7.82 Å². The normalized spacial score (nSPS) is 23.1. The second-order valence-corrected chi connectivity index (χ2v) is 13.1. The van der Waals surface area contributed by atoms with Crippen LogP contribution in [-0.4, -0.2) is 59.9 Å². The number of H-pyrrole nitrogens is 1. The van der Waals surface area contributed by atoms with Crippen molar-refractivity contribution >= 4 is 39.6 Å². The lowest BCUT2D eigenvalue weighted by Gasteiger charge is -2.31. The summed E-state index contributed by atoms with van der Waals surface area (Å²) in [7, 11) is -5.98. The van der Waals surface area contributed by atoms with Crippen LogP contribution in [-0.2, 0) is 23.6 Å². The van der Waals surface area contributed by atoms with Crippen LogP contribution in [0.3, 0.4) is 0 Å². The number of nitrogens with zero attached hydrogens (tertiary/aromatic N) is 2. The zero-order valence-corrected chi connectivity index (χ0v) is 22.0. The molecule has 1 aliphatic carbocycles. The molecule has 37 heavy (non-hydrogen) atoms. The van der Waals surface area contributed by atoms with Gasteiger partial charge in [-0.3, -0.25) is 4.52 Å². The second-order valence-electron chi connectivity index (χ2n) is 9.57. The van der Waals surface area contributed by atoms with E-state index in [1.807, 2.05) is 25.1 Å². The molecule has 4 aromatic rings. The number of pyridine rings is 1. The van der Waals surface area contributed by atoms with Crippen molar-refractivity contribution in [2.75, 3.05) is 20.2 Å². The number of nitrogens with one attached hydrogen (secondary N) is 1. The average molecular weight is 544 g/mol. The van der Waals surface area contributed by atoms with Crippen LogP contribution < -0.4 is 4.74 Å². The van der Waals surface area contributed by atoms with Crippen LogP contribution >= 0.6 is 7.82 Å². The van der Waals surface area contributed by atoms with Gasteiger partial charge in [0, 0.05) is 24.0 Å². The molecule has 2 aliphatic rings. The maximum atomic E-state index is 12.9. The number of benzene rings is 2. The van der Waals surface area contributed by atoms with E-state index in [0.717, 1.165) is 27.5 Å². The predicted octanol–water partition coefficient (Wildman–Crippen LogP) is 4.37. The minimum atomic E-state index is -4.19. The van der Waals surface area contributed by atoms with Crippen LogP contribution in [0.4, 0.5) is 0 Å². The number of hydrogen-bond donors (Lipinski definition) is 2. The van der Waals surface area contributed by atoms with E-state index in [1.54, 1.807) is 37.5 Å². The Bertz CT molecular complexity index is 1680. The fraction of sp³-hybridized carbons (Fsp3) is 0.320. The zero-order chi connectivity index (χ0) is 25.9. The van der Waals surface area contributed by atoms with Crippen molar-refractivity contribution in [1.29, 1.82) is 0 Å². The predicted molar refractivity (Wildman–Crippen MR) is 138 cm³/mol. The number of aromatic nitrogens is 2. The molecule has 2 atom stereocenters. The third-order valence-electron chi connectivity index (χ3n) is 6.55. The molecule has 194 valence electrons. The Kier molecular flexibility index (Phi) is 5.91. The maximum Gasteiger partial charge on any atom is 0.489 e. The number of likely N-dealkylation sites (N-methyl/N-ethyl adjacent to an activating group) is 1. The van der Waals surface area contributed by atoms with Gasteiger partial charge in [-0.2, -0.15) is 9.69 Å². The highest BCUT2D eigenvalue weighted by Crippen LogP contribution is 2.48. The monoisotopic (exact) mass is 543 g/mol. The first kappa shape index (κ1) is 24.5. The molecule has 0 amide bonds. The van der Waals surface area contributed by atoms with Gasteiger partial charge in [-0.05, 0) is 66.8 Å². The molecule has 0 radical (unpaired) electrons. The molecule has 2 aromatic heterocycles. The number of hydrogen-bond acceptors (Lipinski definition) is 8. The topological polar surface area (TPSA) is 131 Å². The molecule has 1 saturated carbocycles. The first-order valence-corrected chi connectivity index (χ1v) is 15.0. The Balaban J connectivity index is 1.43. The van der Waals surface area contributed by atoms with Gasteiger partial charge in [0.15, 0.2) is 9.84 Å². The summed E-state index contributed by atoms with van der Waals surface area (Å²) in [4.78, 5) is 17.9. The van der Waals surface area contributed by atoms with Gasteiger partial charge in [-0.25, -0.2) is 18.0 Å². The van der Waals surface area contributed by atoms with Crippen molar-refractivity contribution in [3.05, 3.63) is 54.2 Å². The number of rotatable bonds is 6. The smallest absolute Gasteiger partial charge is 0.489 e. The van der Waals surface area contributed by atoms with Crippen LogP contribution in [0.15, 0.2) is 53.6 Å². The number of phosphoric ester groups is 1. The summed E-state index contributed by atoms with van der Waals surface area (Å²) < 4.78 is 53.8. The first-order valence-electron chi connectivity index (χ1n) is 11.9. The molecule has 3 heterocycles. The number of aromatic amines is 1. The summed E-state index contributed by atoms with van der Waals surface area (Å²) in [5.41, 5.74) is 3.95. The lowest BCUT2D eigenvalue weighted by molar-refractivity contribution is -0.131. The Morgan fingerprint density at radius 3 is 2.81 bits per heavy atom. The van der Waals surface area contributed by atoms with E-state index < -0.39 is 23.8 Å². The molecule has 12 heteroatoms. The van der Waals surface area contributed by atoms with Crippen LogP contribution in [0.1, 0.15) is 18.4 Å². The van der Waals surface area contributed by atoms with Crippen LogP contribution in [0.2, 0.25) is 0 Å². The summed E-state index contributed by atoms with van der Waals surface area (Å²) >= 11 is 0. The highest BCUT2D eigenvalue weighted by Gasteiger charge is 2.37. The van der Waals surface area contributed by atoms with E-state index in [9.17, 15) is 17.9 Å². The molecule has 10 nitrogen and oxygen atoms in total. The lowest BCUT2D eigenvalue weighted by Crippen LogP contribution is -2.39. The van der Waals surface area contributed by atoms with E-state index in [4.69, 9.17) is 13.9 Å². The molecule has 1 unspecified atom stereocenters. The van der Waals surface area contributed by atoms with Gasteiger partial charge in [0.05, 0.1) is 22.2 Å². The van der Waals surface area contributed by atoms with Crippen molar-refractivity contribution in [3.8, 4) is 16.9 Å². The summed E-state index contributed by atoms with van der Waals surface area (Å²) in [6.07, 6.45) is 2.49. The molecule has 1 aliphatic heterocycles.